The van der Waals surface area contributed by atoms with Crippen molar-refractivity contribution in [2.24, 2.45) is 5.92 Å². The third kappa shape index (κ3) is 2.56. The Kier molecular flexibility index (Phi) is 3.78. The Labute approximate surface area is 140 Å². The molecule has 3 aromatic rings. The van der Waals surface area contributed by atoms with Gasteiger partial charge < -0.3 is 0 Å². The van der Waals surface area contributed by atoms with Crippen LogP contribution in [0.2, 0.25) is 0 Å². The molecule has 0 atom stereocenters. The van der Waals surface area contributed by atoms with Gasteiger partial charge in [0.2, 0.25) is 0 Å². The van der Waals surface area contributed by atoms with Gasteiger partial charge in [-0.05, 0) is 60.9 Å². The molecule has 2 aromatic heterocycles. The van der Waals surface area contributed by atoms with E-state index in [0.29, 0.717) is 5.92 Å². The standard InChI is InChI=1S/C20H18FN3/c21-17-9-7-16(8-10-17)19-13-23-24-11-1-2-18(20(19)24)15-5-3-14(12-22)4-6-15/h1-2,7-11,13-15H,3-6H2. The maximum absolute atomic E-state index is 13.2. The van der Waals surface area contributed by atoms with Crippen LogP contribution in [0.25, 0.3) is 16.6 Å². The lowest BCUT2D eigenvalue weighted by atomic mass is 9.78. The summed E-state index contributed by atoms with van der Waals surface area (Å²) in [7, 11) is 0. The number of fused-ring (bicyclic) bond motifs is 1. The summed E-state index contributed by atoms with van der Waals surface area (Å²) < 4.78 is 15.1. The van der Waals surface area contributed by atoms with Crippen molar-refractivity contribution in [3.05, 3.63) is 60.2 Å². The fourth-order valence-electron chi connectivity index (χ4n) is 3.77. The minimum atomic E-state index is -0.231. The van der Waals surface area contributed by atoms with Crippen LogP contribution in [-0.4, -0.2) is 9.61 Å². The molecule has 4 rings (SSSR count). The molecule has 3 nitrogen and oxygen atoms in total. The van der Waals surface area contributed by atoms with Crippen molar-refractivity contribution in [1.29, 1.82) is 5.26 Å². The predicted octanol–water partition coefficient (Wildman–Crippen LogP) is 4.94. The third-order valence-electron chi connectivity index (χ3n) is 5.08. The Morgan fingerprint density at radius 3 is 2.54 bits per heavy atom. The van der Waals surface area contributed by atoms with Gasteiger partial charge in [-0.15, -0.1) is 0 Å². The molecule has 120 valence electrons. The van der Waals surface area contributed by atoms with E-state index in [1.807, 2.05) is 23.0 Å². The van der Waals surface area contributed by atoms with E-state index >= 15 is 0 Å². The topological polar surface area (TPSA) is 41.1 Å². The molecule has 4 heteroatoms. The van der Waals surface area contributed by atoms with E-state index in [1.54, 1.807) is 12.1 Å². The Bertz CT molecular complexity index is 897. The average Bonchev–Trinajstić information content (AvgIpc) is 3.07. The van der Waals surface area contributed by atoms with Crippen molar-refractivity contribution in [2.45, 2.75) is 31.6 Å². The predicted molar refractivity (Wildman–Crippen MR) is 90.9 cm³/mol. The zero-order valence-electron chi connectivity index (χ0n) is 13.3. The molecule has 0 bridgehead atoms. The van der Waals surface area contributed by atoms with Crippen LogP contribution in [0.4, 0.5) is 4.39 Å². The SMILES string of the molecule is N#CC1CCC(c2cccn3ncc(-c4ccc(F)cc4)c23)CC1. The Balaban J connectivity index is 1.78. The molecule has 24 heavy (non-hydrogen) atoms. The number of hydrogen-bond donors (Lipinski definition) is 0. The van der Waals surface area contributed by atoms with E-state index in [0.717, 1.165) is 42.3 Å². The van der Waals surface area contributed by atoms with E-state index in [2.05, 4.69) is 17.2 Å². The average molecular weight is 319 g/mol. The smallest absolute Gasteiger partial charge is 0.123 e. The molecule has 1 aromatic carbocycles. The maximum atomic E-state index is 13.2. The van der Waals surface area contributed by atoms with Crippen LogP contribution in [-0.2, 0) is 0 Å². The molecular weight excluding hydrogens is 301 g/mol. The summed E-state index contributed by atoms with van der Waals surface area (Å²) in [6.07, 6.45) is 7.79. The van der Waals surface area contributed by atoms with E-state index < -0.39 is 0 Å². The molecule has 0 amide bonds. The van der Waals surface area contributed by atoms with Crippen LogP contribution in [0.15, 0.2) is 48.8 Å². The van der Waals surface area contributed by atoms with Gasteiger partial charge in [-0.1, -0.05) is 18.2 Å². The van der Waals surface area contributed by atoms with Crippen molar-refractivity contribution in [2.75, 3.05) is 0 Å². The number of aromatic nitrogens is 2. The van der Waals surface area contributed by atoms with E-state index in [-0.39, 0.29) is 11.7 Å². The largest absolute Gasteiger partial charge is 0.240 e. The Morgan fingerprint density at radius 2 is 1.83 bits per heavy atom. The number of pyridine rings is 1. The van der Waals surface area contributed by atoms with E-state index in [4.69, 9.17) is 5.26 Å². The summed E-state index contributed by atoms with van der Waals surface area (Å²) in [5, 5.41) is 13.6. The molecule has 1 saturated carbocycles. The van der Waals surface area contributed by atoms with Gasteiger partial charge in [0, 0.05) is 17.7 Å². The number of nitrogens with zero attached hydrogens (tertiary/aromatic N) is 3. The van der Waals surface area contributed by atoms with Crippen LogP contribution < -0.4 is 0 Å². The molecule has 0 N–H and O–H groups in total. The monoisotopic (exact) mass is 319 g/mol. The minimum Gasteiger partial charge on any atom is -0.240 e. The maximum Gasteiger partial charge on any atom is 0.123 e. The van der Waals surface area contributed by atoms with Gasteiger partial charge in [0.25, 0.3) is 0 Å². The first-order chi connectivity index (χ1) is 11.8. The van der Waals surface area contributed by atoms with Crippen LogP contribution in [0, 0.1) is 23.1 Å². The van der Waals surface area contributed by atoms with Crippen LogP contribution in [0.3, 0.4) is 0 Å². The highest BCUT2D eigenvalue weighted by Crippen LogP contribution is 2.39. The minimum absolute atomic E-state index is 0.197. The highest BCUT2D eigenvalue weighted by atomic mass is 19.1. The highest BCUT2D eigenvalue weighted by molar-refractivity contribution is 5.82. The molecular formula is C20H18FN3. The second-order valence-corrected chi connectivity index (χ2v) is 6.50. The van der Waals surface area contributed by atoms with Gasteiger partial charge in [0.05, 0.1) is 17.8 Å². The first-order valence-corrected chi connectivity index (χ1v) is 8.38. The van der Waals surface area contributed by atoms with Gasteiger partial charge >= 0.3 is 0 Å². The summed E-state index contributed by atoms with van der Waals surface area (Å²) in [4.78, 5) is 0. The zero-order chi connectivity index (χ0) is 16.5. The molecule has 0 spiro atoms. The van der Waals surface area contributed by atoms with Crippen molar-refractivity contribution in [1.82, 2.24) is 9.61 Å². The highest BCUT2D eigenvalue weighted by Gasteiger charge is 2.25. The first-order valence-electron chi connectivity index (χ1n) is 8.38. The van der Waals surface area contributed by atoms with Crippen molar-refractivity contribution in [3.63, 3.8) is 0 Å². The summed E-state index contributed by atoms with van der Waals surface area (Å²) in [5.41, 5.74) is 4.40. The summed E-state index contributed by atoms with van der Waals surface area (Å²) in [6.45, 7) is 0. The molecule has 1 fully saturated rings. The number of benzene rings is 1. The van der Waals surface area contributed by atoms with Crippen LogP contribution in [0.1, 0.15) is 37.2 Å². The number of nitriles is 1. The second-order valence-electron chi connectivity index (χ2n) is 6.50. The number of hydrogen-bond acceptors (Lipinski definition) is 2. The second kappa shape index (κ2) is 6.09. The summed E-state index contributed by atoms with van der Waals surface area (Å²) >= 11 is 0. The van der Waals surface area contributed by atoms with Gasteiger partial charge in [-0.3, -0.25) is 0 Å². The number of rotatable bonds is 2. The van der Waals surface area contributed by atoms with Crippen LogP contribution in [0.5, 0.6) is 0 Å². The third-order valence-corrected chi connectivity index (χ3v) is 5.08. The van der Waals surface area contributed by atoms with Crippen molar-refractivity contribution in [3.8, 4) is 17.2 Å². The normalized spacial score (nSPS) is 20.8. The Morgan fingerprint density at radius 1 is 1.08 bits per heavy atom. The molecule has 1 aliphatic carbocycles. The van der Waals surface area contributed by atoms with Crippen LogP contribution >= 0.6 is 0 Å². The molecule has 0 saturated heterocycles. The van der Waals surface area contributed by atoms with E-state index in [1.165, 1.54) is 17.7 Å². The molecule has 0 aliphatic heterocycles. The quantitative estimate of drug-likeness (QED) is 0.671. The lowest BCUT2D eigenvalue weighted by molar-refractivity contribution is 0.383. The van der Waals surface area contributed by atoms with Gasteiger partial charge in [0.15, 0.2) is 0 Å². The molecule has 1 aliphatic rings. The van der Waals surface area contributed by atoms with Gasteiger partial charge in [-0.2, -0.15) is 10.4 Å². The summed E-state index contributed by atoms with van der Waals surface area (Å²) in [5.74, 6) is 0.418. The molecule has 0 unspecified atom stereocenters. The van der Waals surface area contributed by atoms with Crippen molar-refractivity contribution >= 4 is 5.52 Å². The van der Waals surface area contributed by atoms with Gasteiger partial charge in [0.1, 0.15) is 5.82 Å². The van der Waals surface area contributed by atoms with Gasteiger partial charge in [-0.25, -0.2) is 8.91 Å². The van der Waals surface area contributed by atoms with E-state index in [9.17, 15) is 4.39 Å². The fourth-order valence-corrected chi connectivity index (χ4v) is 3.77. The van der Waals surface area contributed by atoms with Crippen molar-refractivity contribution < 1.29 is 4.39 Å². The lowest BCUT2D eigenvalue weighted by Gasteiger charge is -2.25. The summed E-state index contributed by atoms with van der Waals surface area (Å²) in [6, 6.07) is 13.2. The zero-order valence-corrected chi connectivity index (χ0v) is 13.3. The number of halogens is 1. The first kappa shape index (κ1) is 14.9. The Hall–Kier alpha value is -2.67. The molecule has 2 heterocycles. The molecule has 0 radical (unpaired) electrons. The lowest BCUT2D eigenvalue weighted by Crippen LogP contribution is -2.12. The fraction of sp³-hybridized carbons (Fsp3) is 0.300.